The van der Waals surface area contributed by atoms with Crippen LogP contribution in [0.4, 0.5) is 0 Å². The molecule has 27 heavy (non-hydrogen) atoms. The van der Waals surface area contributed by atoms with Crippen LogP contribution in [0.25, 0.3) is 0 Å². The molecule has 0 aromatic heterocycles. The highest BCUT2D eigenvalue weighted by molar-refractivity contribution is 6.04. The van der Waals surface area contributed by atoms with Gasteiger partial charge >= 0.3 is 5.97 Å². The van der Waals surface area contributed by atoms with Gasteiger partial charge in [0.15, 0.2) is 0 Å². The number of carbonyl (C=O) groups excluding carboxylic acids is 3. The third-order valence-electron chi connectivity index (χ3n) is 3.94. The van der Waals surface area contributed by atoms with Crippen LogP contribution in [0.15, 0.2) is 18.2 Å². The quantitative estimate of drug-likeness (QED) is 0.419. The normalized spacial score (nSPS) is 16.6. The number of nitrogens with one attached hydrogen (secondary N) is 2. The summed E-state index contributed by atoms with van der Waals surface area (Å²) in [5.74, 6) is -1.61. The fourth-order valence-electron chi connectivity index (χ4n) is 2.53. The molecular weight excluding hydrogens is 356 g/mol. The van der Waals surface area contributed by atoms with Gasteiger partial charge in [0.25, 0.3) is 5.91 Å². The highest BCUT2D eigenvalue weighted by atomic mass is 16.5. The average Bonchev–Trinajstić information content (AvgIpc) is 2.60. The Labute approximate surface area is 156 Å². The summed E-state index contributed by atoms with van der Waals surface area (Å²) in [6.45, 7) is 2.37. The summed E-state index contributed by atoms with van der Waals surface area (Å²) < 4.78 is 10.6. The minimum absolute atomic E-state index is 0.0594. The first-order valence-electron chi connectivity index (χ1n) is 8.54. The van der Waals surface area contributed by atoms with Crippen molar-refractivity contribution < 1.29 is 33.8 Å². The van der Waals surface area contributed by atoms with Crippen LogP contribution in [0.2, 0.25) is 0 Å². The molecule has 3 amide bonds. The van der Waals surface area contributed by atoms with Crippen LogP contribution in [0.5, 0.6) is 5.75 Å². The van der Waals surface area contributed by atoms with Gasteiger partial charge in [0.2, 0.25) is 11.8 Å². The lowest BCUT2D eigenvalue weighted by Crippen LogP contribution is -2.52. The minimum Gasteiger partial charge on any atom is -0.491 e. The summed E-state index contributed by atoms with van der Waals surface area (Å²) in [6.07, 6.45) is 0.408. The van der Waals surface area contributed by atoms with Crippen molar-refractivity contribution in [2.45, 2.75) is 32.2 Å². The highest BCUT2D eigenvalue weighted by Gasteiger charge is 2.28. The molecule has 3 N–H and O–H groups in total. The summed E-state index contributed by atoms with van der Waals surface area (Å²) in [4.78, 5) is 45.6. The topological polar surface area (TPSA) is 131 Å². The number of rotatable bonds is 9. The van der Waals surface area contributed by atoms with E-state index in [2.05, 4.69) is 10.6 Å². The van der Waals surface area contributed by atoms with Crippen LogP contribution in [-0.4, -0.2) is 54.7 Å². The molecule has 1 unspecified atom stereocenters. The van der Waals surface area contributed by atoms with E-state index in [1.54, 1.807) is 25.1 Å². The Morgan fingerprint density at radius 2 is 2.04 bits per heavy atom. The van der Waals surface area contributed by atoms with Gasteiger partial charge in [-0.3, -0.25) is 24.5 Å². The molecule has 1 heterocycles. The van der Waals surface area contributed by atoms with Crippen LogP contribution in [0.3, 0.4) is 0 Å². The first-order chi connectivity index (χ1) is 12.9. The van der Waals surface area contributed by atoms with E-state index in [4.69, 9.17) is 14.6 Å². The zero-order valence-electron chi connectivity index (χ0n) is 14.9. The van der Waals surface area contributed by atoms with E-state index in [1.807, 2.05) is 0 Å². The number of carboxylic acids is 1. The molecule has 1 atom stereocenters. The number of aliphatic carboxylic acids is 1. The largest absolute Gasteiger partial charge is 0.491 e. The number of imide groups is 1. The van der Waals surface area contributed by atoms with Crippen LogP contribution in [0, 0.1) is 6.92 Å². The Balaban J connectivity index is 1.82. The maximum absolute atomic E-state index is 12.4. The van der Waals surface area contributed by atoms with Crippen LogP contribution in [0.1, 0.15) is 35.2 Å². The van der Waals surface area contributed by atoms with Gasteiger partial charge in [-0.2, -0.15) is 0 Å². The summed E-state index contributed by atoms with van der Waals surface area (Å²) in [5.41, 5.74) is 1.08. The second-order valence-electron chi connectivity index (χ2n) is 6.06. The van der Waals surface area contributed by atoms with E-state index in [1.165, 1.54) is 0 Å². The number of aryl methyl sites for hydroxylation is 1. The number of carboxylic acid groups (broad SMARTS) is 1. The standard InChI is InChI=1S/C18H22N2O7/c1-11-10-12(27-9-8-26-7-6-16(22)23)2-3-13(11)17(24)19-14-4-5-15(21)20-18(14)25/h2-3,10,14H,4-9H2,1H3,(H,19,24)(H,22,23)(H,20,21,25). The number of hydrogen-bond acceptors (Lipinski definition) is 6. The predicted octanol–water partition coefficient (Wildman–Crippen LogP) is 0.400. The number of benzene rings is 1. The SMILES string of the molecule is Cc1cc(OCCOCCC(=O)O)ccc1C(=O)NC1CCC(=O)NC1=O. The molecule has 0 aliphatic carbocycles. The molecule has 1 aromatic carbocycles. The molecule has 9 nitrogen and oxygen atoms in total. The molecular formula is C18H22N2O7. The fraction of sp³-hybridized carbons (Fsp3) is 0.444. The third-order valence-corrected chi connectivity index (χ3v) is 3.94. The fourth-order valence-corrected chi connectivity index (χ4v) is 2.53. The minimum atomic E-state index is -0.919. The van der Waals surface area contributed by atoms with Crippen LogP contribution >= 0.6 is 0 Å². The average molecular weight is 378 g/mol. The number of piperidine rings is 1. The van der Waals surface area contributed by atoms with Crippen molar-refractivity contribution in [3.63, 3.8) is 0 Å². The Morgan fingerprint density at radius 3 is 2.70 bits per heavy atom. The number of hydrogen-bond donors (Lipinski definition) is 3. The van der Waals surface area contributed by atoms with Crippen molar-refractivity contribution in [1.82, 2.24) is 10.6 Å². The molecule has 1 saturated heterocycles. The number of ether oxygens (including phenoxy) is 2. The molecule has 1 aliphatic heterocycles. The van der Waals surface area contributed by atoms with Crippen molar-refractivity contribution in [2.24, 2.45) is 0 Å². The molecule has 0 saturated carbocycles. The van der Waals surface area contributed by atoms with Crippen LogP contribution in [-0.2, 0) is 19.1 Å². The lowest BCUT2D eigenvalue weighted by molar-refractivity contribution is -0.138. The Hall–Kier alpha value is -2.94. The zero-order chi connectivity index (χ0) is 19.8. The Morgan fingerprint density at radius 1 is 1.26 bits per heavy atom. The van der Waals surface area contributed by atoms with Gasteiger partial charge in [0.1, 0.15) is 18.4 Å². The maximum Gasteiger partial charge on any atom is 0.305 e. The van der Waals surface area contributed by atoms with Crippen molar-refractivity contribution in [3.8, 4) is 5.75 Å². The predicted molar refractivity (Wildman–Crippen MR) is 93.4 cm³/mol. The van der Waals surface area contributed by atoms with Gasteiger partial charge in [-0.1, -0.05) is 0 Å². The molecule has 146 valence electrons. The first-order valence-corrected chi connectivity index (χ1v) is 8.54. The van der Waals surface area contributed by atoms with E-state index in [0.717, 1.165) is 0 Å². The van der Waals surface area contributed by atoms with Gasteiger partial charge in [0.05, 0.1) is 19.6 Å². The van der Waals surface area contributed by atoms with Gasteiger partial charge in [-0.25, -0.2) is 0 Å². The first kappa shape index (κ1) is 20.4. The summed E-state index contributed by atoms with van der Waals surface area (Å²) in [6, 6.07) is 4.19. The van der Waals surface area contributed by atoms with Crippen LogP contribution < -0.4 is 15.4 Å². The maximum atomic E-state index is 12.4. The molecule has 1 fully saturated rings. The molecule has 1 aromatic rings. The van der Waals surface area contributed by atoms with Crippen molar-refractivity contribution in [2.75, 3.05) is 19.8 Å². The molecule has 2 rings (SSSR count). The molecule has 0 radical (unpaired) electrons. The number of amides is 3. The monoisotopic (exact) mass is 378 g/mol. The summed E-state index contributed by atoms with van der Waals surface area (Å²) in [5, 5.41) is 13.3. The van der Waals surface area contributed by atoms with Crippen molar-refractivity contribution in [1.29, 1.82) is 0 Å². The lowest BCUT2D eigenvalue weighted by atomic mass is 10.0. The molecule has 1 aliphatic rings. The summed E-state index contributed by atoms with van der Waals surface area (Å²) >= 11 is 0. The second-order valence-corrected chi connectivity index (χ2v) is 6.06. The van der Waals surface area contributed by atoms with E-state index in [-0.39, 0.29) is 45.0 Å². The van der Waals surface area contributed by atoms with Gasteiger partial charge in [0, 0.05) is 12.0 Å². The Kier molecular flexibility index (Phi) is 7.30. The molecule has 0 bridgehead atoms. The lowest BCUT2D eigenvalue weighted by Gasteiger charge is -2.22. The van der Waals surface area contributed by atoms with Gasteiger partial charge in [-0.15, -0.1) is 0 Å². The van der Waals surface area contributed by atoms with E-state index >= 15 is 0 Å². The van der Waals surface area contributed by atoms with Gasteiger partial charge < -0.3 is 19.9 Å². The molecule has 0 spiro atoms. The zero-order valence-corrected chi connectivity index (χ0v) is 14.9. The van der Waals surface area contributed by atoms with E-state index < -0.39 is 23.8 Å². The second kappa shape index (κ2) is 9.67. The Bertz CT molecular complexity index is 732. The summed E-state index contributed by atoms with van der Waals surface area (Å²) in [7, 11) is 0. The van der Waals surface area contributed by atoms with E-state index in [9.17, 15) is 19.2 Å². The van der Waals surface area contributed by atoms with E-state index in [0.29, 0.717) is 16.9 Å². The van der Waals surface area contributed by atoms with Gasteiger partial charge in [-0.05, 0) is 37.1 Å². The molecule has 9 heteroatoms. The van der Waals surface area contributed by atoms with Crippen molar-refractivity contribution >= 4 is 23.7 Å². The number of carbonyl (C=O) groups is 4. The highest BCUT2D eigenvalue weighted by Crippen LogP contribution is 2.18. The smallest absolute Gasteiger partial charge is 0.305 e. The third kappa shape index (κ3) is 6.37. The van der Waals surface area contributed by atoms with Crippen molar-refractivity contribution in [3.05, 3.63) is 29.3 Å².